The molecule has 5 heteroatoms. The van der Waals surface area contributed by atoms with E-state index >= 15 is 0 Å². The van der Waals surface area contributed by atoms with E-state index in [9.17, 15) is 9.59 Å². The minimum absolute atomic E-state index is 0.157. The van der Waals surface area contributed by atoms with Gasteiger partial charge in [0.25, 0.3) is 0 Å². The number of aliphatic carboxylic acids is 1. The second-order valence-electron chi connectivity index (χ2n) is 4.38. The first-order valence-corrected chi connectivity index (χ1v) is 6.17. The molecule has 0 saturated heterocycles. The van der Waals surface area contributed by atoms with Crippen LogP contribution in [0.4, 0.5) is 4.79 Å². The summed E-state index contributed by atoms with van der Waals surface area (Å²) in [7, 11) is 1.72. The number of carboxylic acid groups (broad SMARTS) is 1. The average Bonchev–Trinajstić information content (AvgIpc) is 2.31. The van der Waals surface area contributed by atoms with Gasteiger partial charge in [0.15, 0.2) is 0 Å². The van der Waals surface area contributed by atoms with Crippen molar-refractivity contribution in [1.29, 1.82) is 0 Å². The Labute approximate surface area is 103 Å². The molecule has 5 nitrogen and oxygen atoms in total. The molecule has 0 aromatic carbocycles. The predicted octanol–water partition coefficient (Wildman–Crippen LogP) is 1.93. The van der Waals surface area contributed by atoms with Crippen LogP contribution in [0, 0.1) is 5.92 Å². The number of nitrogens with one attached hydrogen (secondary N) is 1. The summed E-state index contributed by atoms with van der Waals surface area (Å²) in [5, 5.41) is 11.6. The van der Waals surface area contributed by atoms with Gasteiger partial charge in [0.1, 0.15) is 0 Å². The summed E-state index contributed by atoms with van der Waals surface area (Å²) in [6.07, 6.45) is 2.26. The van der Waals surface area contributed by atoms with Crippen molar-refractivity contribution in [3.8, 4) is 0 Å². The molecule has 0 saturated carbocycles. The number of urea groups is 1. The molecule has 0 fully saturated rings. The third-order valence-electron chi connectivity index (χ3n) is 3.06. The zero-order valence-electron chi connectivity index (χ0n) is 11.2. The molecule has 0 aliphatic heterocycles. The summed E-state index contributed by atoms with van der Waals surface area (Å²) < 4.78 is 0. The van der Waals surface area contributed by atoms with E-state index in [4.69, 9.17) is 5.11 Å². The topological polar surface area (TPSA) is 69.6 Å². The van der Waals surface area contributed by atoms with Crippen molar-refractivity contribution in [2.45, 2.75) is 46.1 Å². The van der Waals surface area contributed by atoms with Gasteiger partial charge in [0.2, 0.25) is 0 Å². The monoisotopic (exact) mass is 244 g/mol. The number of rotatable bonds is 7. The Balaban J connectivity index is 4.16. The second-order valence-corrected chi connectivity index (χ2v) is 4.38. The summed E-state index contributed by atoms with van der Waals surface area (Å²) in [4.78, 5) is 24.2. The van der Waals surface area contributed by atoms with Crippen LogP contribution in [0.1, 0.15) is 40.0 Å². The fourth-order valence-corrected chi connectivity index (χ4v) is 1.47. The maximum atomic E-state index is 11.7. The zero-order valence-corrected chi connectivity index (χ0v) is 11.2. The van der Waals surface area contributed by atoms with E-state index in [1.807, 2.05) is 20.8 Å². The van der Waals surface area contributed by atoms with Crippen molar-refractivity contribution in [2.24, 2.45) is 5.92 Å². The molecule has 0 bridgehead atoms. The van der Waals surface area contributed by atoms with Gasteiger partial charge in [-0.25, -0.2) is 4.79 Å². The highest BCUT2D eigenvalue weighted by atomic mass is 16.4. The van der Waals surface area contributed by atoms with Crippen molar-refractivity contribution in [3.05, 3.63) is 0 Å². The molecule has 0 heterocycles. The Bertz CT molecular complexity index is 256. The van der Waals surface area contributed by atoms with Crippen LogP contribution in [0.15, 0.2) is 0 Å². The summed E-state index contributed by atoms with van der Waals surface area (Å²) in [5.41, 5.74) is 0. The van der Waals surface area contributed by atoms with Gasteiger partial charge in [-0.3, -0.25) is 4.79 Å². The Hall–Kier alpha value is -1.26. The van der Waals surface area contributed by atoms with Crippen molar-refractivity contribution >= 4 is 12.0 Å². The standard InChI is InChI=1S/C12H24N2O3/c1-5-7-10(11(15)16)8-13-12(17)14(4)9(3)6-2/h9-10H,5-8H2,1-4H3,(H,13,17)(H,15,16). The molecule has 2 amide bonds. The van der Waals surface area contributed by atoms with Gasteiger partial charge in [-0.15, -0.1) is 0 Å². The van der Waals surface area contributed by atoms with E-state index in [0.29, 0.717) is 6.42 Å². The van der Waals surface area contributed by atoms with Gasteiger partial charge in [-0.2, -0.15) is 0 Å². The number of carbonyl (C=O) groups is 2. The van der Waals surface area contributed by atoms with Crippen molar-refractivity contribution in [3.63, 3.8) is 0 Å². The smallest absolute Gasteiger partial charge is 0.317 e. The van der Waals surface area contributed by atoms with Crippen LogP contribution in [-0.2, 0) is 4.79 Å². The number of nitrogens with zero attached hydrogens (tertiary/aromatic N) is 1. The van der Waals surface area contributed by atoms with Crippen LogP contribution < -0.4 is 5.32 Å². The summed E-state index contributed by atoms with van der Waals surface area (Å²) in [5.74, 6) is -1.34. The predicted molar refractivity (Wildman–Crippen MR) is 66.9 cm³/mol. The maximum absolute atomic E-state index is 11.7. The quantitative estimate of drug-likeness (QED) is 0.719. The van der Waals surface area contributed by atoms with Crippen LogP contribution in [-0.4, -0.2) is 41.6 Å². The fraction of sp³-hybridized carbons (Fsp3) is 0.833. The van der Waals surface area contributed by atoms with Gasteiger partial charge < -0.3 is 15.3 Å². The summed E-state index contributed by atoms with van der Waals surface area (Å²) >= 11 is 0. The number of hydrogen-bond donors (Lipinski definition) is 2. The Morgan fingerprint density at radius 1 is 1.35 bits per heavy atom. The first kappa shape index (κ1) is 15.7. The summed E-state index contributed by atoms with van der Waals surface area (Å²) in [6, 6.07) is -0.0499. The lowest BCUT2D eigenvalue weighted by atomic mass is 10.0. The zero-order chi connectivity index (χ0) is 13.4. The first-order chi connectivity index (χ1) is 7.93. The van der Waals surface area contributed by atoms with E-state index in [1.54, 1.807) is 11.9 Å². The molecule has 0 aliphatic carbocycles. The van der Waals surface area contributed by atoms with E-state index in [1.165, 1.54) is 0 Å². The van der Waals surface area contributed by atoms with Gasteiger partial charge >= 0.3 is 12.0 Å². The Morgan fingerprint density at radius 2 is 1.94 bits per heavy atom. The minimum Gasteiger partial charge on any atom is -0.481 e. The largest absolute Gasteiger partial charge is 0.481 e. The minimum atomic E-state index is -0.849. The molecule has 2 atom stereocenters. The highest BCUT2D eigenvalue weighted by Crippen LogP contribution is 2.06. The maximum Gasteiger partial charge on any atom is 0.317 e. The van der Waals surface area contributed by atoms with E-state index in [-0.39, 0.29) is 18.6 Å². The second kappa shape index (κ2) is 7.92. The third kappa shape index (κ3) is 5.56. The van der Waals surface area contributed by atoms with Crippen molar-refractivity contribution in [1.82, 2.24) is 10.2 Å². The molecular formula is C12H24N2O3. The third-order valence-corrected chi connectivity index (χ3v) is 3.06. The number of amides is 2. The van der Waals surface area contributed by atoms with Crippen LogP contribution in [0.3, 0.4) is 0 Å². The Kier molecular flexibility index (Phi) is 7.34. The molecular weight excluding hydrogens is 220 g/mol. The van der Waals surface area contributed by atoms with Gasteiger partial charge in [-0.1, -0.05) is 20.3 Å². The van der Waals surface area contributed by atoms with E-state index in [2.05, 4.69) is 5.32 Å². The number of carbonyl (C=O) groups excluding carboxylic acids is 1. The molecule has 2 N–H and O–H groups in total. The van der Waals surface area contributed by atoms with Crippen LogP contribution >= 0.6 is 0 Å². The number of carboxylic acids is 1. The lowest BCUT2D eigenvalue weighted by molar-refractivity contribution is -0.141. The van der Waals surface area contributed by atoms with Gasteiger partial charge in [0, 0.05) is 19.6 Å². The fourth-order valence-electron chi connectivity index (χ4n) is 1.47. The molecule has 0 aromatic heterocycles. The highest BCUT2D eigenvalue weighted by molar-refractivity contribution is 5.76. The molecule has 0 aliphatic rings. The molecule has 100 valence electrons. The molecule has 2 unspecified atom stereocenters. The summed E-state index contributed by atoms with van der Waals surface area (Å²) in [6.45, 7) is 6.09. The number of hydrogen-bond acceptors (Lipinski definition) is 2. The van der Waals surface area contributed by atoms with Crippen LogP contribution in [0.5, 0.6) is 0 Å². The lowest BCUT2D eigenvalue weighted by Gasteiger charge is -2.24. The Morgan fingerprint density at radius 3 is 2.35 bits per heavy atom. The van der Waals surface area contributed by atoms with E-state index < -0.39 is 11.9 Å². The molecule has 0 radical (unpaired) electrons. The first-order valence-electron chi connectivity index (χ1n) is 6.17. The van der Waals surface area contributed by atoms with Gasteiger partial charge in [0.05, 0.1) is 5.92 Å². The average molecular weight is 244 g/mol. The molecule has 0 rings (SSSR count). The normalized spacial score (nSPS) is 13.9. The lowest BCUT2D eigenvalue weighted by Crippen LogP contribution is -2.44. The van der Waals surface area contributed by atoms with Gasteiger partial charge in [-0.05, 0) is 19.8 Å². The molecule has 0 spiro atoms. The molecule has 0 aromatic rings. The SMILES string of the molecule is CCCC(CNC(=O)N(C)C(C)CC)C(=O)O. The van der Waals surface area contributed by atoms with Crippen molar-refractivity contribution in [2.75, 3.05) is 13.6 Å². The van der Waals surface area contributed by atoms with Crippen LogP contribution in [0.2, 0.25) is 0 Å². The van der Waals surface area contributed by atoms with Crippen molar-refractivity contribution < 1.29 is 14.7 Å². The van der Waals surface area contributed by atoms with E-state index in [0.717, 1.165) is 12.8 Å². The molecule has 17 heavy (non-hydrogen) atoms. The van der Waals surface area contributed by atoms with Crippen LogP contribution in [0.25, 0.3) is 0 Å². The highest BCUT2D eigenvalue weighted by Gasteiger charge is 2.19.